The predicted octanol–water partition coefficient (Wildman–Crippen LogP) is 4.00. The minimum atomic E-state index is 0.563. The molecule has 94 valence electrons. The van der Waals surface area contributed by atoms with E-state index in [4.69, 9.17) is 11.6 Å². The average molecular weight is 318 g/mol. The van der Waals surface area contributed by atoms with Crippen LogP contribution in [0.4, 0.5) is 5.69 Å². The molecule has 2 rings (SSSR count). The zero-order chi connectivity index (χ0) is 12.3. The number of likely N-dealkylation sites (tertiary alicyclic amines) is 1. The number of nitrogens with zero attached hydrogens (tertiary/aromatic N) is 1. The molecule has 1 N–H and O–H groups in total. The highest BCUT2D eigenvalue weighted by Crippen LogP contribution is 2.28. The third-order valence-electron chi connectivity index (χ3n) is 3.32. The van der Waals surface area contributed by atoms with Crippen LogP contribution in [0.25, 0.3) is 0 Å². The summed E-state index contributed by atoms with van der Waals surface area (Å²) >= 11 is 9.56. The van der Waals surface area contributed by atoms with E-state index in [0.717, 1.165) is 21.7 Å². The number of hydrogen-bond donors (Lipinski definition) is 1. The number of halogens is 2. The molecule has 1 saturated heterocycles. The number of anilines is 1. The van der Waals surface area contributed by atoms with Crippen molar-refractivity contribution in [2.24, 2.45) is 0 Å². The van der Waals surface area contributed by atoms with Gasteiger partial charge in [0.1, 0.15) is 0 Å². The molecule has 4 heteroatoms. The van der Waals surface area contributed by atoms with E-state index in [1.807, 2.05) is 18.2 Å². The maximum Gasteiger partial charge on any atom is 0.0501 e. The molecule has 0 saturated carbocycles. The van der Waals surface area contributed by atoms with E-state index in [1.165, 1.54) is 25.9 Å². The Labute approximate surface area is 116 Å². The van der Waals surface area contributed by atoms with Gasteiger partial charge in [-0.05, 0) is 53.5 Å². The molecule has 17 heavy (non-hydrogen) atoms. The second-order valence-corrected chi connectivity index (χ2v) is 5.77. The molecule has 1 aliphatic rings. The lowest BCUT2D eigenvalue weighted by Crippen LogP contribution is -2.38. The van der Waals surface area contributed by atoms with Crippen molar-refractivity contribution in [2.45, 2.75) is 25.8 Å². The second kappa shape index (κ2) is 6.07. The van der Waals surface area contributed by atoms with Crippen molar-refractivity contribution in [3.63, 3.8) is 0 Å². The van der Waals surface area contributed by atoms with Crippen molar-refractivity contribution in [3.05, 3.63) is 27.7 Å². The van der Waals surface area contributed by atoms with Crippen LogP contribution in [0.5, 0.6) is 0 Å². The SMILES string of the molecule is CCN1CCC(Nc2cc(Cl)ccc2Br)CC1. The lowest BCUT2D eigenvalue weighted by molar-refractivity contribution is 0.229. The van der Waals surface area contributed by atoms with Crippen LogP contribution in [-0.2, 0) is 0 Å². The molecule has 0 bridgehead atoms. The van der Waals surface area contributed by atoms with Gasteiger partial charge in [-0.2, -0.15) is 0 Å². The fraction of sp³-hybridized carbons (Fsp3) is 0.538. The van der Waals surface area contributed by atoms with Crippen LogP contribution in [0.1, 0.15) is 19.8 Å². The van der Waals surface area contributed by atoms with E-state index in [2.05, 4.69) is 33.1 Å². The van der Waals surface area contributed by atoms with Crippen molar-refractivity contribution in [3.8, 4) is 0 Å². The molecule has 1 aromatic carbocycles. The molecule has 0 aromatic heterocycles. The number of benzene rings is 1. The van der Waals surface area contributed by atoms with Crippen molar-refractivity contribution in [1.29, 1.82) is 0 Å². The minimum absolute atomic E-state index is 0.563. The van der Waals surface area contributed by atoms with Crippen LogP contribution >= 0.6 is 27.5 Å². The largest absolute Gasteiger partial charge is 0.381 e. The topological polar surface area (TPSA) is 15.3 Å². The van der Waals surface area contributed by atoms with Gasteiger partial charge in [0, 0.05) is 28.6 Å². The molecule has 0 atom stereocenters. The molecule has 0 spiro atoms. The Balaban J connectivity index is 1.95. The average Bonchev–Trinajstić information content (AvgIpc) is 2.35. The maximum atomic E-state index is 6.01. The monoisotopic (exact) mass is 316 g/mol. The van der Waals surface area contributed by atoms with Crippen LogP contribution < -0.4 is 5.32 Å². The molecule has 1 fully saturated rings. The van der Waals surface area contributed by atoms with Crippen molar-refractivity contribution >= 4 is 33.2 Å². The van der Waals surface area contributed by atoms with Gasteiger partial charge in [-0.3, -0.25) is 0 Å². The summed E-state index contributed by atoms with van der Waals surface area (Å²) in [7, 11) is 0. The lowest BCUT2D eigenvalue weighted by Gasteiger charge is -2.32. The van der Waals surface area contributed by atoms with E-state index < -0.39 is 0 Å². The van der Waals surface area contributed by atoms with Gasteiger partial charge in [0.25, 0.3) is 0 Å². The number of piperidine rings is 1. The fourth-order valence-electron chi connectivity index (χ4n) is 2.22. The first kappa shape index (κ1) is 13.2. The van der Waals surface area contributed by atoms with Gasteiger partial charge in [0.15, 0.2) is 0 Å². The zero-order valence-corrected chi connectivity index (χ0v) is 12.4. The number of rotatable bonds is 3. The lowest BCUT2D eigenvalue weighted by atomic mass is 10.0. The summed E-state index contributed by atoms with van der Waals surface area (Å²) in [6.07, 6.45) is 2.40. The Morgan fingerprint density at radius 2 is 2.12 bits per heavy atom. The first-order chi connectivity index (χ1) is 8.19. The Kier molecular flexibility index (Phi) is 4.71. The van der Waals surface area contributed by atoms with Gasteiger partial charge in [0.2, 0.25) is 0 Å². The van der Waals surface area contributed by atoms with Crippen molar-refractivity contribution in [2.75, 3.05) is 25.0 Å². The third kappa shape index (κ3) is 3.60. The maximum absolute atomic E-state index is 6.01. The smallest absolute Gasteiger partial charge is 0.0501 e. The summed E-state index contributed by atoms with van der Waals surface area (Å²) in [4.78, 5) is 2.49. The van der Waals surface area contributed by atoms with E-state index in [9.17, 15) is 0 Å². The van der Waals surface area contributed by atoms with Crippen LogP contribution in [0.3, 0.4) is 0 Å². The normalized spacial score (nSPS) is 18.3. The second-order valence-electron chi connectivity index (χ2n) is 4.48. The fourth-order valence-corrected chi connectivity index (χ4v) is 2.75. The van der Waals surface area contributed by atoms with E-state index in [1.54, 1.807) is 0 Å². The molecular weight excluding hydrogens is 300 g/mol. The molecule has 1 aliphatic heterocycles. The molecule has 0 amide bonds. The number of hydrogen-bond acceptors (Lipinski definition) is 2. The molecule has 0 radical (unpaired) electrons. The molecule has 0 unspecified atom stereocenters. The van der Waals surface area contributed by atoms with Crippen molar-refractivity contribution in [1.82, 2.24) is 4.90 Å². The zero-order valence-electron chi connectivity index (χ0n) is 10.0. The molecule has 0 aliphatic carbocycles. The van der Waals surface area contributed by atoms with E-state index in [0.29, 0.717) is 6.04 Å². The Hall–Kier alpha value is -0.250. The van der Waals surface area contributed by atoms with Gasteiger partial charge in [-0.1, -0.05) is 18.5 Å². The summed E-state index contributed by atoms with van der Waals surface area (Å²) < 4.78 is 1.08. The summed E-state index contributed by atoms with van der Waals surface area (Å²) in [5, 5.41) is 4.36. The predicted molar refractivity (Wildman–Crippen MR) is 77.9 cm³/mol. The summed E-state index contributed by atoms with van der Waals surface area (Å²) in [6.45, 7) is 5.76. The van der Waals surface area contributed by atoms with Gasteiger partial charge >= 0.3 is 0 Å². The van der Waals surface area contributed by atoms with Gasteiger partial charge in [-0.15, -0.1) is 0 Å². The summed E-state index contributed by atoms with van der Waals surface area (Å²) in [6, 6.07) is 6.44. The highest BCUT2D eigenvalue weighted by molar-refractivity contribution is 9.10. The van der Waals surface area contributed by atoms with Crippen molar-refractivity contribution < 1.29 is 0 Å². The van der Waals surface area contributed by atoms with Crippen LogP contribution in [0, 0.1) is 0 Å². The van der Waals surface area contributed by atoms with Gasteiger partial charge in [-0.25, -0.2) is 0 Å². The third-order valence-corrected chi connectivity index (χ3v) is 4.25. The summed E-state index contributed by atoms with van der Waals surface area (Å²) in [5.74, 6) is 0. The standard InChI is InChI=1S/C13H18BrClN2/c1-2-17-7-5-11(6-8-17)16-13-9-10(15)3-4-12(13)14/h3-4,9,11,16H,2,5-8H2,1H3. The highest BCUT2D eigenvalue weighted by Gasteiger charge is 2.18. The quantitative estimate of drug-likeness (QED) is 0.906. The minimum Gasteiger partial charge on any atom is -0.381 e. The Morgan fingerprint density at radius 1 is 1.41 bits per heavy atom. The molecular formula is C13H18BrClN2. The Bertz CT molecular complexity index is 376. The highest BCUT2D eigenvalue weighted by atomic mass is 79.9. The van der Waals surface area contributed by atoms with E-state index >= 15 is 0 Å². The summed E-state index contributed by atoms with van der Waals surface area (Å²) in [5.41, 5.74) is 1.10. The number of nitrogens with one attached hydrogen (secondary N) is 1. The first-order valence-corrected chi connectivity index (χ1v) is 7.30. The van der Waals surface area contributed by atoms with Gasteiger partial charge < -0.3 is 10.2 Å². The molecule has 2 nitrogen and oxygen atoms in total. The van der Waals surface area contributed by atoms with Gasteiger partial charge in [0.05, 0.1) is 5.69 Å². The first-order valence-electron chi connectivity index (χ1n) is 6.13. The van der Waals surface area contributed by atoms with Crippen LogP contribution in [-0.4, -0.2) is 30.6 Å². The molecule has 1 aromatic rings. The molecule has 1 heterocycles. The van der Waals surface area contributed by atoms with E-state index in [-0.39, 0.29) is 0 Å². The Morgan fingerprint density at radius 3 is 2.76 bits per heavy atom. The van der Waals surface area contributed by atoms with Crippen LogP contribution in [0.2, 0.25) is 5.02 Å². The van der Waals surface area contributed by atoms with Crippen LogP contribution in [0.15, 0.2) is 22.7 Å².